The summed E-state index contributed by atoms with van der Waals surface area (Å²) < 4.78 is 37.9. The maximum atomic E-state index is 13.1. The minimum absolute atomic E-state index is 0.0663. The highest BCUT2D eigenvalue weighted by molar-refractivity contribution is 7.89. The highest BCUT2D eigenvalue weighted by Gasteiger charge is 2.50. The molecular formula is C20H19NO6S. The molecule has 0 radical (unpaired) electrons. The standard InChI is InChI=1S/C20H19NO6S/c1-26-18(22)14-7-9-15(10-8-14)28(24,25)21-12-4-11-20(13-21)17-6-3-2-5-16(17)19(23)27-20/h2-3,5-10H,4,11-13H2,1H3. The number of hydrogen-bond acceptors (Lipinski definition) is 6. The van der Waals surface area contributed by atoms with Gasteiger partial charge in [-0.25, -0.2) is 18.0 Å². The Balaban J connectivity index is 1.65. The lowest BCUT2D eigenvalue weighted by molar-refractivity contribution is -0.0345. The Bertz CT molecular complexity index is 1050. The van der Waals surface area contributed by atoms with Crippen LogP contribution in [0.4, 0.5) is 0 Å². The quantitative estimate of drug-likeness (QED) is 0.734. The summed E-state index contributed by atoms with van der Waals surface area (Å²) in [5.41, 5.74) is 0.547. The minimum atomic E-state index is -3.80. The van der Waals surface area contributed by atoms with Crippen LogP contribution in [0, 0.1) is 0 Å². The number of ether oxygens (including phenoxy) is 2. The third kappa shape index (κ3) is 2.89. The molecule has 1 atom stereocenters. The van der Waals surface area contributed by atoms with Gasteiger partial charge in [-0.2, -0.15) is 4.31 Å². The molecule has 146 valence electrons. The van der Waals surface area contributed by atoms with Crippen molar-refractivity contribution in [2.24, 2.45) is 0 Å². The molecule has 0 aromatic heterocycles. The van der Waals surface area contributed by atoms with Crippen molar-refractivity contribution >= 4 is 22.0 Å². The van der Waals surface area contributed by atoms with Gasteiger partial charge < -0.3 is 9.47 Å². The van der Waals surface area contributed by atoms with Crippen molar-refractivity contribution in [1.82, 2.24) is 4.31 Å². The molecular weight excluding hydrogens is 382 g/mol. The fourth-order valence-corrected chi connectivity index (χ4v) is 5.39. The third-order valence-corrected chi connectivity index (χ3v) is 7.12. The molecule has 0 saturated carbocycles. The molecule has 2 aromatic carbocycles. The average Bonchev–Trinajstić information content (AvgIpc) is 2.99. The first kappa shape index (κ1) is 18.6. The van der Waals surface area contributed by atoms with Crippen molar-refractivity contribution in [3.8, 4) is 0 Å². The zero-order valence-electron chi connectivity index (χ0n) is 15.3. The number of carbonyl (C=O) groups excluding carboxylic acids is 2. The molecule has 0 amide bonds. The summed E-state index contributed by atoms with van der Waals surface area (Å²) in [6.45, 7) is 0.402. The predicted molar refractivity (Wildman–Crippen MR) is 99.3 cm³/mol. The zero-order valence-corrected chi connectivity index (χ0v) is 16.1. The number of esters is 2. The molecule has 2 aliphatic heterocycles. The molecule has 1 spiro atoms. The summed E-state index contributed by atoms with van der Waals surface area (Å²) in [5.74, 6) is -0.951. The van der Waals surface area contributed by atoms with Crippen molar-refractivity contribution < 1.29 is 27.5 Å². The first-order valence-corrected chi connectivity index (χ1v) is 10.3. The molecule has 2 aromatic rings. The van der Waals surface area contributed by atoms with Crippen LogP contribution >= 0.6 is 0 Å². The molecule has 8 heteroatoms. The third-order valence-electron chi connectivity index (χ3n) is 5.26. The van der Waals surface area contributed by atoms with E-state index >= 15 is 0 Å². The highest BCUT2D eigenvalue weighted by Crippen LogP contribution is 2.43. The van der Waals surface area contributed by atoms with Gasteiger partial charge in [0.2, 0.25) is 10.0 Å². The van der Waals surface area contributed by atoms with Crippen LogP contribution in [-0.4, -0.2) is 44.9 Å². The largest absolute Gasteiger partial charge is 0.465 e. The molecule has 0 aliphatic carbocycles. The van der Waals surface area contributed by atoms with Crippen LogP contribution in [0.1, 0.15) is 39.1 Å². The van der Waals surface area contributed by atoms with E-state index in [4.69, 9.17) is 4.74 Å². The van der Waals surface area contributed by atoms with E-state index in [0.717, 1.165) is 5.56 Å². The molecule has 1 fully saturated rings. The molecule has 1 saturated heterocycles. The number of piperidine rings is 1. The maximum absolute atomic E-state index is 13.1. The monoisotopic (exact) mass is 401 g/mol. The molecule has 4 rings (SSSR count). The molecule has 28 heavy (non-hydrogen) atoms. The molecule has 1 unspecified atom stereocenters. The van der Waals surface area contributed by atoms with Crippen LogP contribution < -0.4 is 0 Å². The fraction of sp³-hybridized carbons (Fsp3) is 0.300. The van der Waals surface area contributed by atoms with Crippen LogP contribution in [-0.2, 0) is 25.1 Å². The van der Waals surface area contributed by atoms with Crippen LogP contribution in [0.15, 0.2) is 53.4 Å². The zero-order chi connectivity index (χ0) is 19.9. The van der Waals surface area contributed by atoms with E-state index in [-0.39, 0.29) is 17.0 Å². The van der Waals surface area contributed by atoms with Crippen molar-refractivity contribution in [1.29, 1.82) is 0 Å². The second kappa shape index (κ2) is 6.72. The van der Waals surface area contributed by atoms with Gasteiger partial charge in [0, 0.05) is 12.1 Å². The number of hydrogen-bond donors (Lipinski definition) is 0. The van der Waals surface area contributed by atoms with Crippen LogP contribution in [0.25, 0.3) is 0 Å². The number of rotatable bonds is 3. The average molecular weight is 401 g/mol. The lowest BCUT2D eigenvalue weighted by Gasteiger charge is -2.38. The number of benzene rings is 2. The second-order valence-corrected chi connectivity index (χ2v) is 8.83. The molecule has 2 heterocycles. The molecule has 0 N–H and O–H groups in total. The van der Waals surface area contributed by atoms with Crippen molar-refractivity contribution in [2.45, 2.75) is 23.3 Å². The Kier molecular flexibility index (Phi) is 4.47. The molecule has 2 aliphatic rings. The molecule has 7 nitrogen and oxygen atoms in total. The Hall–Kier alpha value is -2.71. The smallest absolute Gasteiger partial charge is 0.339 e. The topological polar surface area (TPSA) is 90.0 Å². The van der Waals surface area contributed by atoms with Gasteiger partial charge in [0.25, 0.3) is 0 Å². The van der Waals surface area contributed by atoms with Gasteiger partial charge >= 0.3 is 11.9 Å². The summed E-state index contributed by atoms with van der Waals surface area (Å²) in [6, 6.07) is 12.7. The SMILES string of the molecule is COC(=O)c1ccc(S(=O)(=O)N2CCCC3(C2)OC(=O)c2ccccc23)cc1. The minimum Gasteiger partial charge on any atom is -0.465 e. The summed E-state index contributed by atoms with van der Waals surface area (Å²) in [7, 11) is -2.54. The second-order valence-electron chi connectivity index (χ2n) is 6.89. The number of carbonyl (C=O) groups is 2. The van der Waals surface area contributed by atoms with E-state index < -0.39 is 27.6 Å². The Morgan fingerprint density at radius 1 is 1.14 bits per heavy atom. The van der Waals surface area contributed by atoms with Gasteiger partial charge in [0.05, 0.1) is 29.7 Å². The van der Waals surface area contributed by atoms with Gasteiger partial charge in [0.1, 0.15) is 0 Å². The first-order valence-electron chi connectivity index (χ1n) is 8.89. The van der Waals surface area contributed by atoms with E-state index in [1.807, 2.05) is 12.1 Å². The van der Waals surface area contributed by atoms with Crippen LogP contribution in [0.3, 0.4) is 0 Å². The first-order chi connectivity index (χ1) is 13.4. The normalized spacial score (nSPS) is 22.0. The summed E-state index contributed by atoms with van der Waals surface area (Å²) in [6.07, 6.45) is 1.14. The summed E-state index contributed by atoms with van der Waals surface area (Å²) in [5, 5.41) is 0. The maximum Gasteiger partial charge on any atom is 0.339 e. The van der Waals surface area contributed by atoms with Gasteiger partial charge in [0.15, 0.2) is 5.60 Å². The number of sulfonamides is 1. The lowest BCUT2D eigenvalue weighted by atomic mass is 9.86. The van der Waals surface area contributed by atoms with Crippen molar-refractivity contribution in [2.75, 3.05) is 20.2 Å². The van der Waals surface area contributed by atoms with E-state index in [9.17, 15) is 18.0 Å². The van der Waals surface area contributed by atoms with Gasteiger partial charge in [-0.15, -0.1) is 0 Å². The van der Waals surface area contributed by atoms with E-state index in [2.05, 4.69) is 4.74 Å². The Morgan fingerprint density at radius 2 is 1.86 bits per heavy atom. The van der Waals surface area contributed by atoms with E-state index in [0.29, 0.717) is 24.9 Å². The lowest BCUT2D eigenvalue weighted by Crippen LogP contribution is -2.48. The van der Waals surface area contributed by atoms with Crippen LogP contribution in [0.2, 0.25) is 0 Å². The van der Waals surface area contributed by atoms with Gasteiger partial charge in [-0.1, -0.05) is 18.2 Å². The fourth-order valence-electron chi connectivity index (χ4n) is 3.87. The van der Waals surface area contributed by atoms with Crippen molar-refractivity contribution in [3.05, 3.63) is 65.2 Å². The Morgan fingerprint density at radius 3 is 2.57 bits per heavy atom. The van der Waals surface area contributed by atoms with E-state index in [1.54, 1.807) is 12.1 Å². The van der Waals surface area contributed by atoms with Gasteiger partial charge in [-0.05, 0) is 43.2 Å². The highest BCUT2D eigenvalue weighted by atomic mass is 32.2. The summed E-state index contributed by atoms with van der Waals surface area (Å²) in [4.78, 5) is 23.9. The number of fused-ring (bicyclic) bond motifs is 2. The van der Waals surface area contributed by atoms with Crippen molar-refractivity contribution in [3.63, 3.8) is 0 Å². The molecule has 0 bridgehead atoms. The van der Waals surface area contributed by atoms with E-state index in [1.165, 1.54) is 35.7 Å². The predicted octanol–water partition coefficient (Wildman–Crippen LogP) is 2.32. The number of methoxy groups -OCH3 is 1. The summed E-state index contributed by atoms with van der Waals surface area (Å²) >= 11 is 0. The number of nitrogens with zero attached hydrogens (tertiary/aromatic N) is 1. The van der Waals surface area contributed by atoms with Gasteiger partial charge in [-0.3, -0.25) is 0 Å². The van der Waals surface area contributed by atoms with Crippen LogP contribution in [0.5, 0.6) is 0 Å². The Labute approximate surface area is 162 Å².